The van der Waals surface area contributed by atoms with Gasteiger partial charge in [-0.3, -0.25) is 14.3 Å². The maximum atomic E-state index is 13.4. The number of fused-ring (bicyclic) bond motifs is 2. The molecule has 8 heteroatoms. The minimum atomic E-state index is -0.465. The van der Waals surface area contributed by atoms with Crippen molar-refractivity contribution >= 4 is 27.7 Å². The average molecular weight is 552 g/mol. The third kappa shape index (κ3) is 4.94. The topological polar surface area (TPSA) is 104 Å². The number of aromatic amines is 2. The van der Waals surface area contributed by atoms with Gasteiger partial charge in [-0.25, -0.2) is 0 Å². The van der Waals surface area contributed by atoms with E-state index in [1.807, 2.05) is 60.8 Å². The molecular weight excluding hydrogens is 522 g/mol. The van der Waals surface area contributed by atoms with Gasteiger partial charge in [-0.15, -0.1) is 10.2 Å². The van der Waals surface area contributed by atoms with Gasteiger partial charge in [0.05, 0.1) is 6.04 Å². The molecule has 8 nitrogen and oxygen atoms in total. The summed E-state index contributed by atoms with van der Waals surface area (Å²) in [6.45, 7) is 0. The van der Waals surface area contributed by atoms with Crippen LogP contribution in [0.2, 0.25) is 0 Å². The summed E-state index contributed by atoms with van der Waals surface area (Å²) >= 11 is 0. The Morgan fingerprint density at radius 1 is 0.738 bits per heavy atom. The largest absolute Gasteiger partial charge is 0.361 e. The van der Waals surface area contributed by atoms with E-state index in [1.54, 1.807) is 18.3 Å². The van der Waals surface area contributed by atoms with Crippen LogP contribution in [0.15, 0.2) is 116 Å². The lowest BCUT2D eigenvalue weighted by molar-refractivity contribution is 0.0929. The number of hydrogen-bond acceptors (Lipinski definition) is 4. The number of aromatic nitrogens is 6. The van der Waals surface area contributed by atoms with Crippen LogP contribution in [0, 0.1) is 0 Å². The third-order valence-corrected chi connectivity index (χ3v) is 7.68. The van der Waals surface area contributed by atoms with Gasteiger partial charge in [-0.1, -0.05) is 60.7 Å². The van der Waals surface area contributed by atoms with Crippen molar-refractivity contribution in [1.29, 1.82) is 0 Å². The molecular formula is C34H29N7O. The summed E-state index contributed by atoms with van der Waals surface area (Å²) in [5.74, 6) is 1.24. The number of para-hydroxylation sites is 3. The molecule has 0 saturated heterocycles. The number of benzene rings is 3. The van der Waals surface area contributed by atoms with Crippen LogP contribution >= 0.6 is 0 Å². The molecule has 3 aromatic carbocycles. The molecule has 206 valence electrons. The summed E-state index contributed by atoms with van der Waals surface area (Å²) in [5.41, 5.74) is 5.78. The third-order valence-electron chi connectivity index (χ3n) is 7.68. The molecule has 0 spiro atoms. The molecule has 7 aromatic rings. The van der Waals surface area contributed by atoms with Crippen molar-refractivity contribution < 1.29 is 4.79 Å². The highest BCUT2D eigenvalue weighted by molar-refractivity contribution is 5.92. The molecule has 4 aromatic heterocycles. The second-order valence-corrected chi connectivity index (χ2v) is 10.3. The molecule has 0 fully saturated rings. The van der Waals surface area contributed by atoms with Crippen molar-refractivity contribution in [2.24, 2.45) is 0 Å². The molecule has 1 atom stereocenters. The first-order valence-corrected chi connectivity index (χ1v) is 14.1. The SMILES string of the molecule is O=C(NC(Cc1c[nH]c2ccccc12)c1nnc(CCc2c[nH]c3ccccc23)n1-c1ccccc1)c1ccccn1. The van der Waals surface area contributed by atoms with E-state index in [0.29, 0.717) is 24.4 Å². The lowest BCUT2D eigenvalue weighted by Crippen LogP contribution is -2.32. The van der Waals surface area contributed by atoms with Gasteiger partial charge in [-0.05, 0) is 53.9 Å². The van der Waals surface area contributed by atoms with Crippen LogP contribution < -0.4 is 5.32 Å². The standard InChI is InChI=1S/C34H29N7O/c42-34(30-16-8-9-19-35-30)38-31(20-24-22-37-29-15-7-5-13-27(24)29)33-40-39-32(41(33)25-10-2-1-3-11-25)18-17-23-21-36-28-14-6-4-12-26(23)28/h1-16,19,21-22,31,36-37H,17-18,20H2,(H,38,42). The summed E-state index contributed by atoms with van der Waals surface area (Å²) in [7, 11) is 0. The molecule has 1 amide bonds. The maximum absolute atomic E-state index is 13.4. The van der Waals surface area contributed by atoms with Crippen LogP contribution in [-0.4, -0.2) is 35.6 Å². The minimum absolute atomic E-state index is 0.261. The summed E-state index contributed by atoms with van der Waals surface area (Å²) in [5, 5.41) is 15.0. The molecule has 0 radical (unpaired) electrons. The van der Waals surface area contributed by atoms with Crippen LogP contribution in [0.5, 0.6) is 0 Å². The van der Waals surface area contributed by atoms with Crippen molar-refractivity contribution in [3.63, 3.8) is 0 Å². The highest BCUT2D eigenvalue weighted by Crippen LogP contribution is 2.27. The Kier molecular flexibility index (Phi) is 6.77. The smallest absolute Gasteiger partial charge is 0.270 e. The van der Waals surface area contributed by atoms with Crippen molar-refractivity contribution in [1.82, 2.24) is 35.0 Å². The molecule has 1 unspecified atom stereocenters. The highest BCUT2D eigenvalue weighted by Gasteiger charge is 2.26. The quantitative estimate of drug-likeness (QED) is 0.201. The molecule has 0 saturated carbocycles. The van der Waals surface area contributed by atoms with Crippen LogP contribution in [0.1, 0.15) is 39.3 Å². The average Bonchev–Trinajstić information content (AvgIpc) is 3.77. The zero-order chi connectivity index (χ0) is 28.3. The van der Waals surface area contributed by atoms with Gasteiger partial charge in [0.25, 0.3) is 5.91 Å². The molecule has 42 heavy (non-hydrogen) atoms. The Bertz CT molecular complexity index is 1970. The van der Waals surface area contributed by atoms with E-state index in [-0.39, 0.29) is 5.91 Å². The first-order valence-electron chi connectivity index (χ1n) is 14.1. The maximum Gasteiger partial charge on any atom is 0.270 e. The fraction of sp³-hybridized carbons (Fsp3) is 0.118. The second-order valence-electron chi connectivity index (χ2n) is 10.3. The second kappa shape index (κ2) is 11.2. The van der Waals surface area contributed by atoms with Crippen molar-refractivity contribution in [2.75, 3.05) is 0 Å². The molecule has 0 aliphatic rings. The van der Waals surface area contributed by atoms with E-state index in [2.05, 4.69) is 61.4 Å². The van der Waals surface area contributed by atoms with Crippen LogP contribution in [0.25, 0.3) is 27.5 Å². The number of H-pyrrole nitrogens is 2. The van der Waals surface area contributed by atoms with Crippen molar-refractivity contribution in [3.8, 4) is 5.69 Å². The normalized spacial score (nSPS) is 12.1. The van der Waals surface area contributed by atoms with Gasteiger partial charge >= 0.3 is 0 Å². The number of pyridine rings is 1. The van der Waals surface area contributed by atoms with E-state index in [4.69, 9.17) is 10.2 Å². The first-order chi connectivity index (χ1) is 20.7. The van der Waals surface area contributed by atoms with Gasteiger partial charge in [0.2, 0.25) is 0 Å². The Morgan fingerprint density at radius 2 is 1.40 bits per heavy atom. The number of nitrogens with zero attached hydrogens (tertiary/aromatic N) is 4. The number of carbonyl (C=O) groups excluding carboxylic acids is 1. The van der Waals surface area contributed by atoms with E-state index in [1.165, 1.54) is 10.9 Å². The number of rotatable bonds is 9. The van der Waals surface area contributed by atoms with Crippen molar-refractivity contribution in [2.45, 2.75) is 25.3 Å². The van der Waals surface area contributed by atoms with E-state index >= 15 is 0 Å². The van der Waals surface area contributed by atoms with Gasteiger partial charge < -0.3 is 15.3 Å². The van der Waals surface area contributed by atoms with Gasteiger partial charge in [0.1, 0.15) is 11.5 Å². The van der Waals surface area contributed by atoms with E-state index in [0.717, 1.165) is 39.9 Å². The number of carbonyl (C=O) groups is 1. The number of hydrogen-bond donors (Lipinski definition) is 3. The summed E-state index contributed by atoms with van der Waals surface area (Å²) < 4.78 is 2.09. The summed E-state index contributed by atoms with van der Waals surface area (Å²) in [6.07, 6.45) is 7.70. The molecule has 0 bridgehead atoms. The van der Waals surface area contributed by atoms with Crippen LogP contribution in [0.4, 0.5) is 0 Å². The predicted molar refractivity (Wildman–Crippen MR) is 164 cm³/mol. The lowest BCUT2D eigenvalue weighted by Gasteiger charge is -2.20. The number of amides is 1. The molecule has 0 aliphatic heterocycles. The van der Waals surface area contributed by atoms with E-state index < -0.39 is 6.04 Å². The first kappa shape index (κ1) is 25.5. The van der Waals surface area contributed by atoms with Crippen LogP contribution in [-0.2, 0) is 19.3 Å². The fourth-order valence-electron chi connectivity index (χ4n) is 5.62. The Balaban J connectivity index is 1.28. The van der Waals surface area contributed by atoms with Crippen LogP contribution in [0.3, 0.4) is 0 Å². The fourth-order valence-corrected chi connectivity index (χ4v) is 5.62. The van der Waals surface area contributed by atoms with Crippen molar-refractivity contribution in [3.05, 3.63) is 144 Å². The highest BCUT2D eigenvalue weighted by atomic mass is 16.2. The van der Waals surface area contributed by atoms with Gasteiger partial charge in [0, 0.05) is 58.9 Å². The zero-order valence-electron chi connectivity index (χ0n) is 22.9. The lowest BCUT2D eigenvalue weighted by atomic mass is 10.0. The van der Waals surface area contributed by atoms with E-state index in [9.17, 15) is 4.79 Å². The number of nitrogens with one attached hydrogen (secondary N) is 3. The Morgan fingerprint density at radius 3 is 2.14 bits per heavy atom. The van der Waals surface area contributed by atoms with Gasteiger partial charge in [0.15, 0.2) is 5.82 Å². The predicted octanol–water partition coefficient (Wildman–Crippen LogP) is 6.12. The zero-order valence-corrected chi connectivity index (χ0v) is 22.9. The molecule has 4 heterocycles. The summed E-state index contributed by atoms with van der Waals surface area (Å²) in [4.78, 5) is 24.4. The Hall–Kier alpha value is -5.50. The van der Waals surface area contributed by atoms with Gasteiger partial charge in [-0.2, -0.15) is 0 Å². The molecule has 7 rings (SSSR count). The summed E-state index contributed by atoms with van der Waals surface area (Å²) in [6, 6.07) is 31.4. The minimum Gasteiger partial charge on any atom is -0.361 e. The monoisotopic (exact) mass is 551 g/mol. The molecule has 3 N–H and O–H groups in total. The number of aryl methyl sites for hydroxylation is 2. The Labute approximate surface area is 242 Å². The molecule has 0 aliphatic carbocycles.